The first-order chi connectivity index (χ1) is 16.5. The lowest BCUT2D eigenvalue weighted by atomic mass is 9.92. The Morgan fingerprint density at radius 2 is 1.76 bits per heavy atom. The predicted octanol–water partition coefficient (Wildman–Crippen LogP) is 5.14. The minimum atomic E-state index is -1.12. The number of carbonyl (C=O) groups excluding carboxylic acids is 2. The molecule has 1 aliphatic carbocycles. The van der Waals surface area contributed by atoms with Gasteiger partial charge in [-0.2, -0.15) is 0 Å². The maximum atomic E-state index is 13.8. The molecule has 2 aromatic heterocycles. The third-order valence-electron chi connectivity index (χ3n) is 7.21. The Labute approximate surface area is 198 Å². The Kier molecular flexibility index (Phi) is 6.02. The van der Waals surface area contributed by atoms with Crippen molar-refractivity contribution in [3.05, 3.63) is 71.9 Å². The minimum absolute atomic E-state index is 0.116. The summed E-state index contributed by atoms with van der Waals surface area (Å²) >= 11 is 0. The first kappa shape index (κ1) is 22.4. The number of benzene rings is 1. The highest BCUT2D eigenvalue weighted by atomic mass is 19.1. The number of hydrogen-bond donors (Lipinski definition) is 1. The van der Waals surface area contributed by atoms with Gasteiger partial charge in [-0.3, -0.25) is 9.59 Å². The maximum Gasteiger partial charge on any atom is 0.271 e. The Hall–Kier alpha value is -3.35. The van der Waals surface area contributed by atoms with Gasteiger partial charge in [0.25, 0.3) is 5.91 Å². The third kappa shape index (κ3) is 4.15. The van der Waals surface area contributed by atoms with Gasteiger partial charge in [0.05, 0.1) is 18.5 Å². The number of aromatic nitrogens is 1. The summed E-state index contributed by atoms with van der Waals surface area (Å²) in [5.41, 5.74) is 0.927. The zero-order valence-corrected chi connectivity index (χ0v) is 19.4. The molecule has 0 saturated heterocycles. The SMILES string of the molecule is CC1(C(=O)NC2CCCCCC2)Cn2c(ccc2-c2ccco2)C(=O)N1Cc1ccc(F)cc1. The molecule has 5 rings (SSSR count). The lowest BCUT2D eigenvalue weighted by Gasteiger charge is -2.45. The second-order valence-corrected chi connectivity index (χ2v) is 9.62. The maximum absolute atomic E-state index is 13.8. The molecule has 34 heavy (non-hydrogen) atoms. The lowest BCUT2D eigenvalue weighted by Crippen LogP contribution is -2.64. The molecule has 1 unspecified atom stereocenters. The Morgan fingerprint density at radius 1 is 1.06 bits per heavy atom. The van der Waals surface area contributed by atoms with Crippen molar-refractivity contribution in [1.82, 2.24) is 14.8 Å². The number of rotatable bonds is 5. The van der Waals surface area contributed by atoms with E-state index in [0.29, 0.717) is 18.0 Å². The van der Waals surface area contributed by atoms with Crippen LogP contribution in [0.4, 0.5) is 4.39 Å². The number of furan rings is 1. The molecule has 6 nitrogen and oxygen atoms in total. The van der Waals surface area contributed by atoms with Crippen LogP contribution in [0.2, 0.25) is 0 Å². The quantitative estimate of drug-likeness (QED) is 0.533. The molecule has 2 aliphatic rings. The molecule has 1 atom stereocenters. The summed E-state index contributed by atoms with van der Waals surface area (Å²) in [4.78, 5) is 29.2. The van der Waals surface area contributed by atoms with Crippen molar-refractivity contribution >= 4 is 11.8 Å². The average Bonchev–Trinajstić information content (AvgIpc) is 3.43. The fourth-order valence-electron chi connectivity index (χ4n) is 5.20. The molecule has 1 saturated carbocycles. The lowest BCUT2D eigenvalue weighted by molar-refractivity contribution is -0.134. The van der Waals surface area contributed by atoms with E-state index in [1.807, 2.05) is 23.6 Å². The summed E-state index contributed by atoms with van der Waals surface area (Å²) in [5, 5.41) is 3.26. The van der Waals surface area contributed by atoms with E-state index >= 15 is 0 Å². The van der Waals surface area contributed by atoms with E-state index in [9.17, 15) is 14.0 Å². The number of hydrogen-bond acceptors (Lipinski definition) is 3. The minimum Gasteiger partial charge on any atom is -0.463 e. The van der Waals surface area contributed by atoms with Crippen LogP contribution in [0.25, 0.3) is 11.5 Å². The molecule has 2 amide bonds. The zero-order valence-electron chi connectivity index (χ0n) is 19.4. The highest BCUT2D eigenvalue weighted by molar-refractivity contribution is 6.00. The Morgan fingerprint density at radius 3 is 2.44 bits per heavy atom. The molecular formula is C27H30FN3O3. The first-order valence-electron chi connectivity index (χ1n) is 12.1. The van der Waals surface area contributed by atoms with E-state index in [1.165, 1.54) is 25.0 Å². The van der Waals surface area contributed by atoms with Crippen LogP contribution in [-0.4, -0.2) is 32.9 Å². The molecule has 1 aromatic carbocycles. The van der Waals surface area contributed by atoms with Gasteiger partial charge in [-0.15, -0.1) is 0 Å². The van der Waals surface area contributed by atoms with E-state index in [2.05, 4.69) is 5.32 Å². The highest BCUT2D eigenvalue weighted by Gasteiger charge is 2.48. The van der Waals surface area contributed by atoms with Crippen molar-refractivity contribution in [2.24, 2.45) is 0 Å². The van der Waals surface area contributed by atoms with Crippen molar-refractivity contribution in [3.8, 4) is 11.5 Å². The van der Waals surface area contributed by atoms with Gasteiger partial charge in [0.1, 0.15) is 22.8 Å². The Balaban J connectivity index is 1.51. The second-order valence-electron chi connectivity index (χ2n) is 9.62. The number of fused-ring (bicyclic) bond motifs is 1. The van der Waals surface area contributed by atoms with E-state index in [0.717, 1.165) is 36.9 Å². The molecule has 1 aliphatic heterocycles. The number of amides is 2. The standard InChI is InChI=1S/C27H30FN3O3/c1-27(26(33)29-21-7-4-2-3-5-8-21)18-30-22(24-9-6-16-34-24)14-15-23(30)25(32)31(27)17-19-10-12-20(28)13-11-19/h6,9-16,21H,2-5,7-8,17-18H2,1H3,(H,29,33). The summed E-state index contributed by atoms with van der Waals surface area (Å²) in [6, 6.07) is 13.5. The van der Waals surface area contributed by atoms with Crippen LogP contribution in [0, 0.1) is 5.82 Å². The van der Waals surface area contributed by atoms with E-state index < -0.39 is 5.54 Å². The van der Waals surface area contributed by atoms with Gasteiger partial charge in [0.15, 0.2) is 0 Å². The number of halogens is 1. The fraction of sp³-hybridized carbons (Fsp3) is 0.407. The predicted molar refractivity (Wildman–Crippen MR) is 126 cm³/mol. The van der Waals surface area contributed by atoms with Crippen LogP contribution in [0.15, 0.2) is 59.2 Å². The molecule has 3 aromatic rings. The normalized spacial score (nSPS) is 21.2. The van der Waals surface area contributed by atoms with Crippen molar-refractivity contribution < 1.29 is 18.4 Å². The van der Waals surface area contributed by atoms with Crippen LogP contribution in [0.5, 0.6) is 0 Å². The van der Waals surface area contributed by atoms with Gasteiger partial charge < -0.3 is 19.2 Å². The van der Waals surface area contributed by atoms with Gasteiger partial charge in [-0.05, 0) is 61.7 Å². The second kappa shape index (κ2) is 9.12. The zero-order chi connectivity index (χ0) is 23.7. The largest absolute Gasteiger partial charge is 0.463 e. The topological polar surface area (TPSA) is 67.5 Å². The van der Waals surface area contributed by atoms with E-state index in [1.54, 1.807) is 35.4 Å². The summed E-state index contributed by atoms with van der Waals surface area (Å²) in [6.45, 7) is 2.35. The average molecular weight is 464 g/mol. The summed E-state index contributed by atoms with van der Waals surface area (Å²) < 4.78 is 21.0. The van der Waals surface area contributed by atoms with Crippen LogP contribution in [0.1, 0.15) is 61.5 Å². The number of carbonyl (C=O) groups is 2. The fourth-order valence-corrected chi connectivity index (χ4v) is 5.20. The summed E-state index contributed by atoms with van der Waals surface area (Å²) in [7, 11) is 0. The van der Waals surface area contributed by atoms with Crippen LogP contribution >= 0.6 is 0 Å². The molecule has 0 radical (unpaired) electrons. The molecule has 7 heteroatoms. The molecule has 0 spiro atoms. The number of nitrogens with one attached hydrogen (secondary N) is 1. The highest BCUT2D eigenvalue weighted by Crippen LogP contribution is 2.34. The molecule has 178 valence electrons. The van der Waals surface area contributed by atoms with E-state index in [4.69, 9.17) is 4.42 Å². The number of nitrogens with zero attached hydrogens (tertiary/aromatic N) is 2. The van der Waals surface area contributed by atoms with Gasteiger partial charge >= 0.3 is 0 Å². The summed E-state index contributed by atoms with van der Waals surface area (Å²) in [5.74, 6) is -0.0661. The van der Waals surface area contributed by atoms with Crippen LogP contribution < -0.4 is 5.32 Å². The van der Waals surface area contributed by atoms with Gasteiger partial charge in [0, 0.05) is 12.6 Å². The Bertz CT molecular complexity index is 1160. The van der Waals surface area contributed by atoms with Crippen molar-refractivity contribution in [2.75, 3.05) is 0 Å². The molecular weight excluding hydrogens is 433 g/mol. The van der Waals surface area contributed by atoms with Crippen LogP contribution in [0.3, 0.4) is 0 Å². The summed E-state index contributed by atoms with van der Waals surface area (Å²) in [6.07, 6.45) is 8.10. The molecule has 1 fully saturated rings. The third-order valence-corrected chi connectivity index (χ3v) is 7.21. The van der Waals surface area contributed by atoms with Crippen molar-refractivity contribution in [1.29, 1.82) is 0 Å². The molecule has 3 heterocycles. The van der Waals surface area contributed by atoms with Crippen molar-refractivity contribution in [3.63, 3.8) is 0 Å². The molecule has 1 N–H and O–H groups in total. The van der Waals surface area contributed by atoms with Crippen LogP contribution in [-0.2, 0) is 17.9 Å². The smallest absolute Gasteiger partial charge is 0.271 e. The van der Waals surface area contributed by atoms with Gasteiger partial charge in [-0.1, -0.05) is 37.8 Å². The molecule has 0 bridgehead atoms. The monoisotopic (exact) mass is 463 g/mol. The van der Waals surface area contributed by atoms with E-state index in [-0.39, 0.29) is 30.2 Å². The van der Waals surface area contributed by atoms with Gasteiger partial charge in [0.2, 0.25) is 5.91 Å². The first-order valence-corrected chi connectivity index (χ1v) is 12.1. The van der Waals surface area contributed by atoms with Crippen molar-refractivity contribution in [2.45, 2.75) is 70.1 Å². The van der Waals surface area contributed by atoms with Gasteiger partial charge in [-0.25, -0.2) is 4.39 Å².